The van der Waals surface area contributed by atoms with Crippen LogP contribution in [0.5, 0.6) is 5.75 Å². The molecule has 2 fully saturated rings. The summed E-state index contributed by atoms with van der Waals surface area (Å²) in [6.45, 7) is 1.36. The Bertz CT molecular complexity index is 1020. The minimum absolute atomic E-state index is 0.00215. The number of carbonyl (C=O) groups is 1. The van der Waals surface area contributed by atoms with Crippen LogP contribution in [0.1, 0.15) is 50.0 Å². The highest BCUT2D eigenvalue weighted by Gasteiger charge is 2.30. The van der Waals surface area contributed by atoms with Gasteiger partial charge < -0.3 is 19.3 Å². The Labute approximate surface area is 188 Å². The van der Waals surface area contributed by atoms with Crippen molar-refractivity contribution in [2.45, 2.75) is 62.6 Å². The predicted octanol–water partition coefficient (Wildman–Crippen LogP) is 2.12. The van der Waals surface area contributed by atoms with E-state index in [-0.39, 0.29) is 24.8 Å². The number of nitrogens with zero attached hydrogens (tertiary/aromatic N) is 1. The molecule has 0 unspecified atom stereocenters. The van der Waals surface area contributed by atoms with Crippen molar-refractivity contribution in [3.63, 3.8) is 0 Å². The lowest BCUT2D eigenvalue weighted by Gasteiger charge is -2.35. The number of sulfonamides is 1. The molecule has 4 rings (SSSR count). The summed E-state index contributed by atoms with van der Waals surface area (Å²) in [4.78, 5) is 10.8. The summed E-state index contributed by atoms with van der Waals surface area (Å²) in [5, 5.41) is 8.17. The summed E-state index contributed by atoms with van der Waals surface area (Å²) in [7, 11) is -3.25. The maximum atomic E-state index is 11.7. The maximum absolute atomic E-state index is 11.7. The van der Waals surface area contributed by atoms with Gasteiger partial charge in [-0.2, -0.15) is 0 Å². The van der Waals surface area contributed by atoms with Gasteiger partial charge in [0.1, 0.15) is 12.4 Å². The van der Waals surface area contributed by atoms with E-state index < -0.39 is 10.0 Å². The number of hydrogen-bond donors (Lipinski definition) is 2. The molecule has 0 spiro atoms. The molecule has 1 aromatic heterocycles. The van der Waals surface area contributed by atoms with Crippen LogP contribution < -0.4 is 14.8 Å². The standard InChI is InChI=1S/C22H31N3O6S/c1-32(27,28)25-19-3-2-8-23-20(19)14-30-17-6-4-15(5-7-17)18-11-16-13-24-31-21(16)12-22(18)29-10-9-26/h9,11-13,15,17,19-20,23,25H,2-8,10,14H2,1H3/t15?,17?,19-,20-/m0/s1. The van der Waals surface area contributed by atoms with Crippen LogP contribution in [0.2, 0.25) is 0 Å². The van der Waals surface area contributed by atoms with E-state index in [9.17, 15) is 13.2 Å². The smallest absolute Gasteiger partial charge is 0.209 e. The first kappa shape index (κ1) is 23.2. The third-order valence-corrected chi connectivity index (χ3v) is 7.10. The monoisotopic (exact) mass is 465 g/mol. The number of hydrogen-bond acceptors (Lipinski definition) is 8. The second-order valence-electron chi connectivity index (χ2n) is 8.74. The molecule has 1 saturated heterocycles. The molecule has 1 saturated carbocycles. The molecule has 32 heavy (non-hydrogen) atoms. The molecule has 176 valence electrons. The van der Waals surface area contributed by atoms with Crippen molar-refractivity contribution in [3.05, 3.63) is 23.9 Å². The first-order valence-corrected chi connectivity index (χ1v) is 13.1. The van der Waals surface area contributed by atoms with Crippen molar-refractivity contribution in [2.24, 2.45) is 0 Å². The van der Waals surface area contributed by atoms with Crippen LogP contribution in [-0.2, 0) is 19.6 Å². The zero-order valence-electron chi connectivity index (χ0n) is 18.3. The minimum atomic E-state index is -3.25. The van der Waals surface area contributed by atoms with E-state index in [0.717, 1.165) is 62.3 Å². The fraction of sp³-hybridized carbons (Fsp3) is 0.636. The van der Waals surface area contributed by atoms with E-state index in [4.69, 9.17) is 14.0 Å². The SMILES string of the molecule is CS(=O)(=O)N[C@H]1CCCN[C@H]1COC1CCC(c2cc3cnoc3cc2OCC=O)CC1. The highest BCUT2D eigenvalue weighted by Crippen LogP contribution is 2.40. The topological polar surface area (TPSA) is 120 Å². The zero-order valence-corrected chi connectivity index (χ0v) is 19.1. The number of carbonyl (C=O) groups excluding carboxylic acids is 1. The van der Waals surface area contributed by atoms with Crippen molar-refractivity contribution < 1.29 is 27.2 Å². The maximum Gasteiger partial charge on any atom is 0.209 e. The fourth-order valence-corrected chi connectivity index (χ4v) is 5.64. The van der Waals surface area contributed by atoms with Crippen LogP contribution in [0.15, 0.2) is 22.9 Å². The van der Waals surface area contributed by atoms with Crippen molar-refractivity contribution >= 4 is 27.3 Å². The Hall–Kier alpha value is -2.01. The third kappa shape index (κ3) is 5.86. The summed E-state index contributed by atoms with van der Waals surface area (Å²) in [6, 6.07) is 3.71. The largest absolute Gasteiger partial charge is 0.486 e. The van der Waals surface area contributed by atoms with E-state index in [1.165, 1.54) is 6.26 Å². The number of aldehydes is 1. The first-order valence-electron chi connectivity index (χ1n) is 11.2. The molecular weight excluding hydrogens is 434 g/mol. The Kier molecular flexibility index (Phi) is 7.44. The third-order valence-electron chi connectivity index (χ3n) is 6.37. The molecule has 2 atom stereocenters. The van der Waals surface area contributed by atoms with Crippen LogP contribution in [0, 0.1) is 0 Å². The second kappa shape index (κ2) is 10.3. The minimum Gasteiger partial charge on any atom is -0.486 e. The van der Waals surface area contributed by atoms with Crippen LogP contribution in [0.4, 0.5) is 0 Å². The Morgan fingerprint density at radius 3 is 2.81 bits per heavy atom. The van der Waals surface area contributed by atoms with Crippen molar-refractivity contribution in [3.8, 4) is 5.75 Å². The Morgan fingerprint density at radius 1 is 1.25 bits per heavy atom. The highest BCUT2D eigenvalue weighted by atomic mass is 32.2. The molecule has 1 aliphatic carbocycles. The van der Waals surface area contributed by atoms with E-state index in [1.807, 2.05) is 12.1 Å². The van der Waals surface area contributed by atoms with Crippen LogP contribution in [0.3, 0.4) is 0 Å². The lowest BCUT2D eigenvalue weighted by molar-refractivity contribution is -0.109. The number of piperidine rings is 1. The lowest BCUT2D eigenvalue weighted by Crippen LogP contribution is -2.55. The van der Waals surface area contributed by atoms with Crippen molar-refractivity contribution in [1.82, 2.24) is 15.2 Å². The molecule has 2 N–H and O–H groups in total. The van der Waals surface area contributed by atoms with Gasteiger partial charge in [0.15, 0.2) is 11.9 Å². The number of nitrogens with one attached hydrogen (secondary N) is 2. The average Bonchev–Trinajstić information content (AvgIpc) is 3.23. The molecule has 1 aromatic carbocycles. The average molecular weight is 466 g/mol. The summed E-state index contributed by atoms with van der Waals surface area (Å²) in [5.74, 6) is 0.982. The van der Waals surface area contributed by atoms with E-state index in [0.29, 0.717) is 23.9 Å². The molecule has 10 heteroatoms. The van der Waals surface area contributed by atoms with Gasteiger partial charge >= 0.3 is 0 Å². The van der Waals surface area contributed by atoms with Gasteiger partial charge in [0, 0.05) is 23.5 Å². The highest BCUT2D eigenvalue weighted by molar-refractivity contribution is 7.88. The molecule has 1 aliphatic heterocycles. The molecule has 0 radical (unpaired) electrons. The summed E-state index contributed by atoms with van der Waals surface area (Å²) < 4.78 is 43.2. The summed E-state index contributed by atoms with van der Waals surface area (Å²) >= 11 is 0. The number of aromatic nitrogens is 1. The van der Waals surface area contributed by atoms with E-state index in [2.05, 4.69) is 15.2 Å². The zero-order chi connectivity index (χ0) is 22.6. The molecule has 2 aromatic rings. The fourth-order valence-electron chi connectivity index (χ4n) is 4.81. The van der Waals surface area contributed by atoms with Gasteiger partial charge in [-0.25, -0.2) is 13.1 Å². The number of fused-ring (bicyclic) bond motifs is 1. The van der Waals surface area contributed by atoms with Crippen LogP contribution >= 0.6 is 0 Å². The first-order chi connectivity index (χ1) is 15.4. The summed E-state index contributed by atoms with van der Waals surface area (Å²) in [6.07, 6.45) is 9.25. The molecule has 2 aliphatic rings. The van der Waals surface area contributed by atoms with Gasteiger partial charge in [-0.15, -0.1) is 0 Å². The van der Waals surface area contributed by atoms with E-state index in [1.54, 1.807) is 6.20 Å². The number of benzene rings is 1. The van der Waals surface area contributed by atoms with Crippen molar-refractivity contribution in [1.29, 1.82) is 0 Å². The predicted molar refractivity (Wildman–Crippen MR) is 119 cm³/mol. The summed E-state index contributed by atoms with van der Waals surface area (Å²) in [5.41, 5.74) is 1.72. The van der Waals surface area contributed by atoms with Gasteiger partial charge in [-0.05, 0) is 62.6 Å². The number of ether oxygens (including phenoxy) is 2. The Balaban J connectivity index is 1.34. The van der Waals surface area contributed by atoms with Crippen molar-refractivity contribution in [2.75, 3.05) is 26.0 Å². The van der Waals surface area contributed by atoms with Crippen LogP contribution in [-0.4, -0.2) is 64.1 Å². The molecule has 2 heterocycles. The molecule has 0 amide bonds. The molecular formula is C22H31N3O6S. The normalized spacial score (nSPS) is 26.8. The van der Waals surface area contributed by atoms with Gasteiger partial charge in [0.05, 0.1) is 25.2 Å². The number of rotatable bonds is 9. The van der Waals surface area contributed by atoms with Gasteiger partial charge in [-0.1, -0.05) is 5.16 Å². The van der Waals surface area contributed by atoms with Crippen LogP contribution in [0.25, 0.3) is 11.0 Å². The Morgan fingerprint density at radius 2 is 2.06 bits per heavy atom. The van der Waals surface area contributed by atoms with Gasteiger partial charge in [0.25, 0.3) is 0 Å². The molecule has 0 bridgehead atoms. The molecule has 9 nitrogen and oxygen atoms in total. The lowest BCUT2D eigenvalue weighted by atomic mass is 9.82. The second-order valence-corrected chi connectivity index (χ2v) is 10.5. The quantitative estimate of drug-likeness (QED) is 0.541. The van der Waals surface area contributed by atoms with E-state index >= 15 is 0 Å². The van der Waals surface area contributed by atoms with Gasteiger partial charge in [-0.3, -0.25) is 4.79 Å². The van der Waals surface area contributed by atoms with Gasteiger partial charge in [0.2, 0.25) is 10.0 Å².